The topological polar surface area (TPSA) is 47.6 Å². The zero-order valence-electron chi connectivity index (χ0n) is 10.2. The van der Waals surface area contributed by atoms with E-state index in [0.29, 0.717) is 21.9 Å². The fraction of sp³-hybridized carbons (Fsp3) is 0.417. The van der Waals surface area contributed by atoms with Crippen molar-refractivity contribution >= 4 is 33.4 Å². The third-order valence-electron chi connectivity index (χ3n) is 2.08. The summed E-state index contributed by atoms with van der Waals surface area (Å²) < 4.78 is 11.0. The lowest BCUT2D eigenvalue weighted by Crippen LogP contribution is -2.38. The maximum absolute atomic E-state index is 11.5. The number of methoxy groups -OCH3 is 1. The summed E-state index contributed by atoms with van der Waals surface area (Å²) in [5.74, 6) is 0.385. The van der Waals surface area contributed by atoms with Gasteiger partial charge in [-0.2, -0.15) is 0 Å². The molecule has 0 spiro atoms. The second-order valence-corrected chi connectivity index (χ2v) is 5.08. The fourth-order valence-corrected chi connectivity index (χ4v) is 2.14. The van der Waals surface area contributed by atoms with E-state index in [0.717, 1.165) is 0 Å². The second-order valence-electron chi connectivity index (χ2n) is 3.79. The number of nitrogens with one attached hydrogen (secondary N) is 1. The first-order chi connectivity index (χ1) is 8.52. The van der Waals surface area contributed by atoms with Crippen molar-refractivity contribution in [1.29, 1.82) is 0 Å². The van der Waals surface area contributed by atoms with Crippen molar-refractivity contribution in [1.82, 2.24) is 5.32 Å². The van der Waals surface area contributed by atoms with Crippen molar-refractivity contribution in [2.45, 2.75) is 13.0 Å². The number of hydrogen-bond donors (Lipinski definition) is 1. The largest absolute Gasteiger partial charge is 0.483 e. The van der Waals surface area contributed by atoms with Gasteiger partial charge in [-0.3, -0.25) is 4.79 Å². The molecule has 0 aliphatic heterocycles. The van der Waals surface area contributed by atoms with Crippen molar-refractivity contribution in [3.05, 3.63) is 27.7 Å². The van der Waals surface area contributed by atoms with Gasteiger partial charge in [0.1, 0.15) is 5.75 Å². The summed E-state index contributed by atoms with van der Waals surface area (Å²) in [6, 6.07) is 5.08. The van der Waals surface area contributed by atoms with Crippen molar-refractivity contribution in [3.8, 4) is 5.75 Å². The maximum Gasteiger partial charge on any atom is 0.258 e. The lowest BCUT2D eigenvalue weighted by Gasteiger charge is -2.13. The standard InChI is InChI=1S/C12H15BrClNO3/c1-8(6-17-2)15-12(16)7-18-11-4-3-9(14)5-10(11)13/h3-5,8H,6-7H2,1-2H3,(H,15,16)/t8-/m1/s1. The summed E-state index contributed by atoms with van der Waals surface area (Å²) in [7, 11) is 1.59. The van der Waals surface area contributed by atoms with Gasteiger partial charge in [0, 0.05) is 18.2 Å². The van der Waals surface area contributed by atoms with Crippen LogP contribution in [0.1, 0.15) is 6.92 Å². The Kier molecular flexibility index (Phi) is 6.46. The summed E-state index contributed by atoms with van der Waals surface area (Å²) in [5, 5.41) is 3.36. The zero-order valence-corrected chi connectivity index (χ0v) is 12.5. The van der Waals surface area contributed by atoms with Crippen LogP contribution >= 0.6 is 27.5 Å². The second kappa shape index (κ2) is 7.61. The van der Waals surface area contributed by atoms with Gasteiger partial charge in [-0.15, -0.1) is 0 Å². The normalized spacial score (nSPS) is 12.0. The van der Waals surface area contributed by atoms with Crippen LogP contribution in [0.4, 0.5) is 0 Å². The van der Waals surface area contributed by atoms with E-state index < -0.39 is 0 Å². The van der Waals surface area contributed by atoms with Crippen molar-refractivity contribution in [3.63, 3.8) is 0 Å². The summed E-state index contributed by atoms with van der Waals surface area (Å²) in [6.07, 6.45) is 0. The van der Waals surface area contributed by atoms with Gasteiger partial charge in [-0.1, -0.05) is 11.6 Å². The lowest BCUT2D eigenvalue weighted by molar-refractivity contribution is -0.124. The molecule has 1 N–H and O–H groups in total. The van der Waals surface area contributed by atoms with E-state index in [1.54, 1.807) is 25.3 Å². The number of carbonyl (C=O) groups is 1. The van der Waals surface area contributed by atoms with Crippen LogP contribution in [0, 0.1) is 0 Å². The molecule has 0 aliphatic carbocycles. The van der Waals surface area contributed by atoms with E-state index in [4.69, 9.17) is 21.1 Å². The first kappa shape index (κ1) is 15.3. The smallest absolute Gasteiger partial charge is 0.258 e. The molecule has 0 bridgehead atoms. The van der Waals surface area contributed by atoms with Crippen LogP contribution in [-0.4, -0.2) is 32.3 Å². The minimum Gasteiger partial charge on any atom is -0.483 e. The van der Waals surface area contributed by atoms with Gasteiger partial charge in [0.05, 0.1) is 11.1 Å². The number of halogens is 2. The third kappa shape index (κ3) is 5.25. The molecule has 1 aromatic rings. The molecular formula is C12H15BrClNO3. The predicted molar refractivity (Wildman–Crippen MR) is 74.1 cm³/mol. The molecule has 1 atom stereocenters. The Morgan fingerprint density at radius 2 is 2.28 bits per heavy atom. The Bertz CT molecular complexity index is 414. The average molecular weight is 337 g/mol. The third-order valence-corrected chi connectivity index (χ3v) is 2.93. The Labute approximate surface area is 120 Å². The molecule has 0 unspecified atom stereocenters. The van der Waals surface area contributed by atoms with E-state index in [1.165, 1.54) is 0 Å². The molecule has 0 saturated carbocycles. The average Bonchev–Trinajstić information content (AvgIpc) is 2.28. The van der Waals surface area contributed by atoms with E-state index >= 15 is 0 Å². The fourth-order valence-electron chi connectivity index (χ4n) is 1.34. The number of rotatable bonds is 6. The van der Waals surface area contributed by atoms with Crippen molar-refractivity contribution in [2.75, 3.05) is 20.3 Å². The van der Waals surface area contributed by atoms with E-state index in [-0.39, 0.29) is 18.6 Å². The quantitative estimate of drug-likeness (QED) is 0.869. The highest BCUT2D eigenvalue weighted by Gasteiger charge is 2.09. The minimum atomic E-state index is -0.193. The molecule has 0 saturated heterocycles. The molecule has 0 radical (unpaired) electrons. The number of amides is 1. The van der Waals surface area contributed by atoms with Crippen LogP contribution in [0.5, 0.6) is 5.75 Å². The molecule has 0 fully saturated rings. The number of benzene rings is 1. The van der Waals surface area contributed by atoms with Crippen LogP contribution in [0.15, 0.2) is 22.7 Å². The molecule has 1 aromatic carbocycles. The number of hydrogen-bond acceptors (Lipinski definition) is 3. The number of carbonyl (C=O) groups excluding carboxylic acids is 1. The summed E-state index contributed by atoms with van der Waals surface area (Å²) in [6.45, 7) is 2.28. The van der Waals surface area contributed by atoms with Gasteiger partial charge in [0.25, 0.3) is 5.91 Å². The molecule has 1 rings (SSSR count). The summed E-state index contributed by atoms with van der Waals surface area (Å²) >= 11 is 9.12. The van der Waals surface area contributed by atoms with Gasteiger partial charge >= 0.3 is 0 Å². The SMILES string of the molecule is COC[C@@H](C)NC(=O)COc1ccc(Cl)cc1Br. The van der Waals surface area contributed by atoms with Gasteiger partial charge in [-0.05, 0) is 41.1 Å². The van der Waals surface area contributed by atoms with Crippen LogP contribution in [-0.2, 0) is 9.53 Å². The summed E-state index contributed by atoms with van der Waals surface area (Å²) in [4.78, 5) is 11.5. The van der Waals surface area contributed by atoms with Gasteiger partial charge in [0.2, 0.25) is 0 Å². The van der Waals surface area contributed by atoms with Crippen LogP contribution in [0.25, 0.3) is 0 Å². The van der Waals surface area contributed by atoms with Gasteiger partial charge < -0.3 is 14.8 Å². The van der Waals surface area contributed by atoms with Gasteiger partial charge in [0.15, 0.2) is 6.61 Å². The Hall–Kier alpha value is -0.780. The predicted octanol–water partition coefficient (Wildman–Crippen LogP) is 2.63. The van der Waals surface area contributed by atoms with Crippen LogP contribution in [0.2, 0.25) is 5.02 Å². The summed E-state index contributed by atoms with van der Waals surface area (Å²) in [5.41, 5.74) is 0. The van der Waals surface area contributed by atoms with E-state index in [9.17, 15) is 4.79 Å². The number of ether oxygens (including phenoxy) is 2. The highest BCUT2D eigenvalue weighted by molar-refractivity contribution is 9.10. The van der Waals surface area contributed by atoms with E-state index in [2.05, 4.69) is 21.2 Å². The maximum atomic E-state index is 11.5. The molecule has 100 valence electrons. The van der Waals surface area contributed by atoms with E-state index in [1.807, 2.05) is 6.92 Å². The Morgan fingerprint density at radius 1 is 1.56 bits per heavy atom. The first-order valence-corrected chi connectivity index (χ1v) is 6.56. The van der Waals surface area contributed by atoms with Crippen molar-refractivity contribution < 1.29 is 14.3 Å². The molecule has 4 nitrogen and oxygen atoms in total. The highest BCUT2D eigenvalue weighted by Crippen LogP contribution is 2.27. The zero-order chi connectivity index (χ0) is 13.5. The van der Waals surface area contributed by atoms with Crippen molar-refractivity contribution in [2.24, 2.45) is 0 Å². The monoisotopic (exact) mass is 335 g/mol. The molecular weight excluding hydrogens is 321 g/mol. The van der Waals surface area contributed by atoms with Gasteiger partial charge in [-0.25, -0.2) is 0 Å². The van der Waals surface area contributed by atoms with Crippen LogP contribution in [0.3, 0.4) is 0 Å². The molecule has 0 aliphatic rings. The lowest BCUT2D eigenvalue weighted by atomic mass is 10.3. The Balaban J connectivity index is 2.42. The molecule has 0 heterocycles. The molecule has 18 heavy (non-hydrogen) atoms. The molecule has 1 amide bonds. The first-order valence-electron chi connectivity index (χ1n) is 5.39. The van der Waals surface area contributed by atoms with Crippen LogP contribution < -0.4 is 10.1 Å². The molecule has 6 heteroatoms. The minimum absolute atomic E-state index is 0.0419. The Morgan fingerprint density at radius 3 is 2.89 bits per heavy atom. The highest BCUT2D eigenvalue weighted by atomic mass is 79.9. The molecule has 0 aromatic heterocycles.